The Hall–Kier alpha value is 0.130. The van der Waals surface area contributed by atoms with Crippen molar-refractivity contribution in [1.29, 1.82) is 0 Å². The van der Waals surface area contributed by atoms with Gasteiger partial charge in [-0.2, -0.15) is 0 Å². The molecule has 0 unspecified atom stereocenters. The van der Waals surface area contributed by atoms with Gasteiger partial charge in [0.05, 0.1) is 16.2 Å². The van der Waals surface area contributed by atoms with Crippen molar-refractivity contribution in [1.82, 2.24) is 4.98 Å². The van der Waals surface area contributed by atoms with Gasteiger partial charge in [-0.25, -0.2) is 0 Å². The molecule has 0 radical (unpaired) electrons. The van der Waals surface area contributed by atoms with Gasteiger partial charge in [-0.15, -0.1) is 0 Å². The van der Waals surface area contributed by atoms with E-state index in [0.717, 1.165) is 35.2 Å². The summed E-state index contributed by atoms with van der Waals surface area (Å²) in [6, 6.07) is 3.91. The summed E-state index contributed by atoms with van der Waals surface area (Å²) in [7, 11) is 0. The average Bonchev–Trinajstić information content (AvgIpc) is 2.20. The summed E-state index contributed by atoms with van der Waals surface area (Å²) in [5.74, 6) is 0. The van der Waals surface area contributed by atoms with Crippen LogP contribution >= 0.6 is 50.1 Å². The van der Waals surface area contributed by atoms with Gasteiger partial charge < -0.3 is 0 Å². The fourth-order valence-electron chi connectivity index (χ4n) is 1.51. The van der Waals surface area contributed by atoms with E-state index in [1.807, 2.05) is 26.0 Å². The molecule has 78 valence electrons. The lowest BCUT2D eigenvalue weighted by atomic mass is 10.1. The number of halogens is 3. The maximum atomic E-state index is 6.19. The third-order valence-corrected chi connectivity index (χ3v) is 5.51. The van der Waals surface area contributed by atoms with Crippen LogP contribution in [0.1, 0.15) is 11.3 Å². The van der Waals surface area contributed by atoms with Crippen LogP contribution in [0.2, 0.25) is 5.02 Å². The maximum Gasteiger partial charge on any atom is 0.0761 e. The molecule has 1 heterocycles. The Morgan fingerprint density at radius 3 is 2.67 bits per heavy atom. The molecule has 0 atom stereocenters. The van der Waals surface area contributed by atoms with Gasteiger partial charge in [0.2, 0.25) is 0 Å². The Bertz CT molecular complexity index is 554. The van der Waals surface area contributed by atoms with Crippen molar-refractivity contribution in [2.75, 3.05) is 0 Å². The Labute approximate surface area is 115 Å². The summed E-state index contributed by atoms with van der Waals surface area (Å²) >= 11 is 12.0. The Morgan fingerprint density at radius 2 is 2.00 bits per heavy atom. The average molecular weight is 396 g/mol. The van der Waals surface area contributed by atoms with Crippen LogP contribution in [0.5, 0.6) is 0 Å². The highest BCUT2D eigenvalue weighted by atomic mass is 127. The predicted octanol–water partition coefficient (Wildman–Crippen LogP) is 4.87. The van der Waals surface area contributed by atoms with E-state index in [2.05, 4.69) is 43.5 Å². The van der Waals surface area contributed by atoms with Crippen molar-refractivity contribution in [3.05, 3.63) is 36.5 Å². The minimum atomic E-state index is 0.743. The molecule has 15 heavy (non-hydrogen) atoms. The van der Waals surface area contributed by atoms with E-state index >= 15 is 0 Å². The zero-order valence-electron chi connectivity index (χ0n) is 8.24. The number of rotatable bonds is 0. The number of aryl methyl sites for hydroxylation is 2. The highest BCUT2D eigenvalue weighted by molar-refractivity contribution is 14.1. The van der Waals surface area contributed by atoms with Gasteiger partial charge >= 0.3 is 0 Å². The third-order valence-electron chi connectivity index (χ3n) is 2.34. The van der Waals surface area contributed by atoms with Crippen LogP contribution in [0.25, 0.3) is 10.9 Å². The lowest BCUT2D eigenvalue weighted by Crippen LogP contribution is -1.93. The van der Waals surface area contributed by atoms with Crippen LogP contribution in [0, 0.1) is 17.4 Å². The van der Waals surface area contributed by atoms with Gasteiger partial charge in [-0.3, -0.25) is 4.98 Å². The van der Waals surface area contributed by atoms with Crippen LogP contribution in [0.4, 0.5) is 0 Å². The SMILES string of the molecule is Cc1nc2c(C)ccc(Cl)c2c(Br)c1I. The molecule has 0 spiro atoms. The van der Waals surface area contributed by atoms with Crippen LogP contribution in [0.15, 0.2) is 16.6 Å². The molecule has 0 saturated carbocycles. The van der Waals surface area contributed by atoms with E-state index in [9.17, 15) is 0 Å². The van der Waals surface area contributed by atoms with E-state index < -0.39 is 0 Å². The predicted molar refractivity (Wildman–Crippen MR) is 76.6 cm³/mol. The standard InChI is InChI=1S/C11H8BrClIN/c1-5-3-4-7(13)8-9(12)10(14)6(2)15-11(5)8/h3-4H,1-2H3. The summed E-state index contributed by atoms with van der Waals surface area (Å²) in [5, 5.41) is 1.75. The number of hydrogen-bond acceptors (Lipinski definition) is 1. The largest absolute Gasteiger partial charge is 0.252 e. The molecule has 0 bridgehead atoms. The first-order valence-corrected chi connectivity index (χ1v) is 6.67. The molecule has 1 aromatic carbocycles. The van der Waals surface area contributed by atoms with E-state index in [-0.39, 0.29) is 0 Å². The molecule has 0 amide bonds. The summed E-state index contributed by atoms with van der Waals surface area (Å²) in [6.07, 6.45) is 0. The Kier molecular flexibility index (Phi) is 3.24. The minimum Gasteiger partial charge on any atom is -0.252 e. The molecule has 0 aliphatic carbocycles. The number of benzene rings is 1. The molecule has 4 heteroatoms. The van der Waals surface area contributed by atoms with Crippen LogP contribution < -0.4 is 0 Å². The number of fused-ring (bicyclic) bond motifs is 1. The molecule has 0 N–H and O–H groups in total. The first-order valence-electron chi connectivity index (χ1n) is 4.42. The number of nitrogens with zero attached hydrogens (tertiary/aromatic N) is 1. The van der Waals surface area contributed by atoms with Crippen LogP contribution in [-0.2, 0) is 0 Å². The molecule has 0 saturated heterocycles. The van der Waals surface area contributed by atoms with Crippen molar-refractivity contribution < 1.29 is 0 Å². The molecule has 0 fully saturated rings. The molecule has 1 aromatic heterocycles. The van der Waals surface area contributed by atoms with Gasteiger partial charge in [0.25, 0.3) is 0 Å². The van der Waals surface area contributed by atoms with Gasteiger partial charge in [0, 0.05) is 13.4 Å². The molecular formula is C11H8BrClIN. The summed E-state index contributed by atoms with van der Waals surface area (Å²) in [5.41, 5.74) is 3.15. The first-order chi connectivity index (χ1) is 7.02. The lowest BCUT2D eigenvalue weighted by Gasteiger charge is -2.09. The molecule has 2 rings (SSSR count). The van der Waals surface area contributed by atoms with Crippen molar-refractivity contribution in [3.63, 3.8) is 0 Å². The van der Waals surface area contributed by atoms with E-state index in [1.165, 1.54) is 0 Å². The number of hydrogen-bond donors (Lipinski definition) is 0. The van der Waals surface area contributed by atoms with Gasteiger partial charge in [-0.05, 0) is 64.0 Å². The van der Waals surface area contributed by atoms with E-state index in [1.54, 1.807) is 0 Å². The van der Waals surface area contributed by atoms with Crippen molar-refractivity contribution in [2.24, 2.45) is 0 Å². The highest BCUT2D eigenvalue weighted by Gasteiger charge is 2.12. The van der Waals surface area contributed by atoms with Crippen LogP contribution in [0.3, 0.4) is 0 Å². The second-order valence-electron chi connectivity index (χ2n) is 3.41. The van der Waals surface area contributed by atoms with Crippen molar-refractivity contribution in [3.8, 4) is 0 Å². The quantitative estimate of drug-likeness (QED) is 0.579. The normalized spacial score (nSPS) is 11.0. The summed E-state index contributed by atoms with van der Waals surface area (Å²) in [4.78, 5) is 4.57. The monoisotopic (exact) mass is 395 g/mol. The molecule has 2 aromatic rings. The van der Waals surface area contributed by atoms with E-state index in [4.69, 9.17) is 11.6 Å². The third kappa shape index (κ3) is 1.89. The highest BCUT2D eigenvalue weighted by Crippen LogP contribution is 2.35. The molecular weight excluding hydrogens is 388 g/mol. The second kappa shape index (κ2) is 4.18. The van der Waals surface area contributed by atoms with Crippen LogP contribution in [-0.4, -0.2) is 4.98 Å². The Balaban J connectivity index is 3.04. The lowest BCUT2D eigenvalue weighted by molar-refractivity contribution is 1.21. The summed E-state index contributed by atoms with van der Waals surface area (Å²) < 4.78 is 2.16. The zero-order valence-corrected chi connectivity index (χ0v) is 12.7. The number of aromatic nitrogens is 1. The van der Waals surface area contributed by atoms with Crippen molar-refractivity contribution >= 4 is 61.0 Å². The summed E-state index contributed by atoms with van der Waals surface area (Å²) in [6.45, 7) is 4.05. The van der Waals surface area contributed by atoms with Gasteiger partial charge in [-0.1, -0.05) is 17.7 Å². The topological polar surface area (TPSA) is 12.9 Å². The van der Waals surface area contributed by atoms with Gasteiger partial charge in [0.1, 0.15) is 0 Å². The second-order valence-corrected chi connectivity index (χ2v) is 5.69. The van der Waals surface area contributed by atoms with Crippen molar-refractivity contribution in [2.45, 2.75) is 13.8 Å². The van der Waals surface area contributed by atoms with E-state index in [0.29, 0.717) is 0 Å². The molecule has 1 nitrogen and oxygen atoms in total. The fraction of sp³-hybridized carbons (Fsp3) is 0.182. The smallest absolute Gasteiger partial charge is 0.0761 e. The Morgan fingerprint density at radius 1 is 1.33 bits per heavy atom. The minimum absolute atomic E-state index is 0.743. The number of pyridine rings is 1. The zero-order chi connectivity index (χ0) is 11.2. The fourth-order valence-corrected chi connectivity index (χ4v) is 2.95. The molecule has 0 aliphatic rings. The van der Waals surface area contributed by atoms with Gasteiger partial charge in [0.15, 0.2) is 0 Å². The molecule has 0 aliphatic heterocycles. The first kappa shape index (κ1) is 11.6. The maximum absolute atomic E-state index is 6.19.